The van der Waals surface area contributed by atoms with Gasteiger partial charge < -0.3 is 31.1 Å². The average Bonchev–Trinajstić information content (AvgIpc) is 3.15. The van der Waals surface area contributed by atoms with Crippen molar-refractivity contribution < 1.29 is 29.6 Å². The van der Waals surface area contributed by atoms with Crippen LogP contribution in [-0.4, -0.2) is 46.6 Å². The number of ether oxygens (including phenoxy) is 1. The molecular weight excluding hydrogens is 436 g/mol. The fraction of sp³-hybridized carbons (Fsp3) is 0.231. The van der Waals surface area contributed by atoms with Crippen molar-refractivity contribution in [1.29, 1.82) is 0 Å². The van der Waals surface area contributed by atoms with E-state index in [1.54, 1.807) is 0 Å². The van der Waals surface area contributed by atoms with Crippen LogP contribution in [0.2, 0.25) is 0 Å². The molecule has 34 heavy (non-hydrogen) atoms. The maximum Gasteiger partial charge on any atom is 0.407 e. The molecule has 0 bridgehead atoms. The number of nitrogen functional groups attached to an aromatic ring is 1. The summed E-state index contributed by atoms with van der Waals surface area (Å²) in [5.41, 5.74) is 10.4. The van der Waals surface area contributed by atoms with Crippen molar-refractivity contribution in [2.75, 3.05) is 18.9 Å². The monoisotopic (exact) mass is 462 g/mol. The highest BCUT2D eigenvalue weighted by atomic mass is 16.5. The van der Waals surface area contributed by atoms with Gasteiger partial charge in [0.15, 0.2) is 0 Å². The number of fused-ring (bicyclic) bond motifs is 3. The van der Waals surface area contributed by atoms with Gasteiger partial charge in [0.25, 0.3) is 0 Å². The second-order valence-corrected chi connectivity index (χ2v) is 8.21. The first-order chi connectivity index (χ1) is 16.4. The van der Waals surface area contributed by atoms with Crippen molar-refractivity contribution in [2.45, 2.75) is 24.5 Å². The highest BCUT2D eigenvalue weighted by Gasteiger charge is 2.29. The summed E-state index contributed by atoms with van der Waals surface area (Å²) in [6.07, 6.45) is -3.02. The van der Waals surface area contributed by atoms with E-state index in [1.807, 2.05) is 36.4 Å². The molecular formula is C26H26N2O6. The minimum atomic E-state index is -1.28. The Morgan fingerprint density at radius 3 is 2.18 bits per heavy atom. The van der Waals surface area contributed by atoms with Crippen LogP contribution in [0.5, 0.6) is 0 Å². The highest BCUT2D eigenvalue weighted by Crippen LogP contribution is 2.44. The van der Waals surface area contributed by atoms with E-state index in [2.05, 4.69) is 17.4 Å². The molecule has 0 fully saturated rings. The predicted molar refractivity (Wildman–Crippen MR) is 126 cm³/mol. The van der Waals surface area contributed by atoms with Crippen LogP contribution in [0.25, 0.3) is 11.1 Å². The number of rotatable bonds is 8. The number of carboxylic acid groups (broad SMARTS) is 1. The number of carbonyl (C=O) groups excluding carboxylic acids is 1. The summed E-state index contributed by atoms with van der Waals surface area (Å²) in [7, 11) is 0. The lowest BCUT2D eigenvalue weighted by molar-refractivity contribution is 0.0137. The van der Waals surface area contributed by atoms with Gasteiger partial charge in [-0.15, -0.1) is 0 Å². The van der Waals surface area contributed by atoms with E-state index in [0.29, 0.717) is 0 Å². The van der Waals surface area contributed by atoms with Gasteiger partial charge >= 0.3 is 12.1 Å². The standard InChI is InChI=1S/C26H26N2O6/c27-22-13-15(9-10-20(22)25(31)32)24(30)23(29)11-12-28-26(33)34-14-21-18-7-3-1-5-16(18)17-6-2-4-8-19(17)21/h1-10,13,21,23-24,29-30H,11-12,14,27H2,(H,28,33)(H,31,32). The second kappa shape index (κ2) is 9.94. The number of aliphatic hydroxyl groups excluding tert-OH is 2. The molecule has 8 nitrogen and oxygen atoms in total. The summed E-state index contributed by atoms with van der Waals surface area (Å²) in [6.45, 7) is 0.262. The number of nitrogens with two attached hydrogens (primary N) is 1. The number of carbonyl (C=O) groups is 2. The number of nitrogens with one attached hydrogen (secondary N) is 1. The largest absolute Gasteiger partial charge is 0.478 e. The third kappa shape index (κ3) is 4.73. The second-order valence-electron chi connectivity index (χ2n) is 8.21. The Morgan fingerprint density at radius 2 is 1.59 bits per heavy atom. The van der Waals surface area contributed by atoms with Crippen molar-refractivity contribution in [1.82, 2.24) is 5.32 Å². The Morgan fingerprint density at radius 1 is 0.971 bits per heavy atom. The molecule has 6 N–H and O–H groups in total. The number of hydrogen-bond acceptors (Lipinski definition) is 6. The minimum absolute atomic E-state index is 0.00647. The Hall–Kier alpha value is -3.88. The molecule has 2 unspecified atom stereocenters. The quantitative estimate of drug-likeness (QED) is 0.323. The molecule has 3 aromatic carbocycles. The number of carboxylic acids is 1. The summed E-state index contributed by atoms with van der Waals surface area (Å²) < 4.78 is 5.45. The van der Waals surface area contributed by atoms with Crippen LogP contribution in [0.4, 0.5) is 10.5 Å². The van der Waals surface area contributed by atoms with Crippen LogP contribution in [0, 0.1) is 0 Å². The molecule has 0 spiro atoms. The summed E-state index contributed by atoms with van der Waals surface area (Å²) >= 11 is 0. The first-order valence-electron chi connectivity index (χ1n) is 10.9. The van der Waals surface area contributed by atoms with E-state index in [-0.39, 0.29) is 42.3 Å². The summed E-state index contributed by atoms with van der Waals surface area (Å²) in [5, 5.41) is 32.3. The Balaban J connectivity index is 1.28. The van der Waals surface area contributed by atoms with Crippen LogP contribution < -0.4 is 11.1 Å². The van der Waals surface area contributed by atoms with Gasteiger partial charge in [-0.05, 0) is 46.4 Å². The van der Waals surface area contributed by atoms with E-state index in [0.717, 1.165) is 22.3 Å². The lowest BCUT2D eigenvalue weighted by Gasteiger charge is -2.19. The molecule has 2 atom stereocenters. The molecule has 1 aliphatic rings. The molecule has 8 heteroatoms. The van der Waals surface area contributed by atoms with Gasteiger partial charge in [0, 0.05) is 18.2 Å². The topological polar surface area (TPSA) is 142 Å². The summed E-state index contributed by atoms with van der Waals surface area (Å²) in [5.74, 6) is -1.23. The van der Waals surface area contributed by atoms with Gasteiger partial charge in [0.05, 0.1) is 11.7 Å². The lowest BCUT2D eigenvalue weighted by atomic mass is 9.98. The molecule has 0 saturated heterocycles. The first-order valence-corrected chi connectivity index (χ1v) is 10.9. The predicted octanol–water partition coefficient (Wildman–Crippen LogP) is 3.29. The number of hydrogen-bond donors (Lipinski definition) is 5. The summed E-state index contributed by atoms with van der Waals surface area (Å²) in [4.78, 5) is 23.3. The highest BCUT2D eigenvalue weighted by molar-refractivity contribution is 5.93. The van der Waals surface area contributed by atoms with Crippen LogP contribution in [0.3, 0.4) is 0 Å². The molecule has 0 saturated carbocycles. The van der Waals surface area contributed by atoms with E-state index >= 15 is 0 Å². The number of aliphatic hydroxyl groups is 2. The van der Waals surface area contributed by atoms with Crippen molar-refractivity contribution in [2.24, 2.45) is 0 Å². The van der Waals surface area contributed by atoms with Gasteiger partial charge in [0.1, 0.15) is 12.7 Å². The number of benzene rings is 3. The normalized spacial score (nSPS) is 14.1. The maximum atomic E-state index is 12.2. The van der Waals surface area contributed by atoms with Gasteiger partial charge in [-0.1, -0.05) is 54.6 Å². The molecule has 1 amide bonds. The fourth-order valence-corrected chi connectivity index (χ4v) is 4.31. The minimum Gasteiger partial charge on any atom is -0.478 e. The third-order valence-corrected chi connectivity index (χ3v) is 6.07. The molecule has 4 rings (SSSR count). The first kappa shape index (κ1) is 23.3. The van der Waals surface area contributed by atoms with Crippen molar-refractivity contribution in [3.8, 4) is 11.1 Å². The fourth-order valence-electron chi connectivity index (χ4n) is 4.31. The van der Waals surface area contributed by atoms with Gasteiger partial charge in [-0.3, -0.25) is 0 Å². The molecule has 176 valence electrons. The average molecular weight is 463 g/mol. The zero-order chi connectivity index (χ0) is 24.2. The third-order valence-electron chi connectivity index (χ3n) is 6.07. The Bertz CT molecular complexity index is 1170. The zero-order valence-corrected chi connectivity index (χ0v) is 18.3. The number of amides is 1. The van der Waals surface area contributed by atoms with E-state index in [4.69, 9.17) is 15.6 Å². The summed E-state index contributed by atoms with van der Waals surface area (Å²) in [6, 6.07) is 20.1. The van der Waals surface area contributed by atoms with Gasteiger partial charge in [-0.25, -0.2) is 9.59 Å². The number of aromatic carboxylic acids is 1. The molecule has 0 aliphatic heterocycles. The van der Waals surface area contributed by atoms with E-state index in [1.165, 1.54) is 18.2 Å². The number of alkyl carbamates (subject to hydrolysis) is 1. The van der Waals surface area contributed by atoms with Crippen molar-refractivity contribution in [3.63, 3.8) is 0 Å². The molecule has 3 aromatic rings. The van der Waals surface area contributed by atoms with E-state index < -0.39 is 24.3 Å². The van der Waals surface area contributed by atoms with Gasteiger partial charge in [0.2, 0.25) is 0 Å². The van der Waals surface area contributed by atoms with Crippen LogP contribution in [0.1, 0.15) is 45.5 Å². The molecule has 1 aliphatic carbocycles. The van der Waals surface area contributed by atoms with Gasteiger partial charge in [-0.2, -0.15) is 0 Å². The SMILES string of the molecule is Nc1cc(C(O)C(O)CCNC(=O)OCC2c3ccccc3-c3ccccc32)ccc1C(=O)O. The molecule has 0 aromatic heterocycles. The van der Waals surface area contributed by atoms with Crippen molar-refractivity contribution >= 4 is 17.7 Å². The Labute approximate surface area is 196 Å². The van der Waals surface area contributed by atoms with Crippen LogP contribution >= 0.6 is 0 Å². The zero-order valence-electron chi connectivity index (χ0n) is 18.3. The van der Waals surface area contributed by atoms with E-state index in [9.17, 15) is 19.8 Å². The Kier molecular flexibility index (Phi) is 6.81. The smallest absolute Gasteiger partial charge is 0.407 e. The number of anilines is 1. The van der Waals surface area contributed by atoms with Crippen molar-refractivity contribution in [3.05, 3.63) is 89.0 Å². The lowest BCUT2D eigenvalue weighted by Crippen LogP contribution is -2.30. The van der Waals surface area contributed by atoms with Crippen LogP contribution in [-0.2, 0) is 4.74 Å². The van der Waals surface area contributed by atoms with Crippen LogP contribution in [0.15, 0.2) is 66.7 Å². The maximum absolute atomic E-state index is 12.2. The molecule has 0 heterocycles. The molecule has 0 radical (unpaired) electrons.